The lowest BCUT2D eigenvalue weighted by Crippen LogP contribution is -2.43. The lowest BCUT2D eigenvalue weighted by atomic mass is 10.0. The Morgan fingerprint density at radius 2 is 1.61 bits per heavy atom. The molecule has 0 atom stereocenters. The zero-order valence-corrected chi connectivity index (χ0v) is 17.5. The molecule has 0 amide bonds. The Bertz CT molecular complexity index is 885. The van der Waals surface area contributed by atoms with Crippen molar-refractivity contribution in [1.82, 2.24) is 10.2 Å². The first-order valence-electron chi connectivity index (χ1n) is 10.4. The molecule has 1 aliphatic rings. The molecular formula is C24H27F3N2O2. The number of alkyl halides is 3. The fourth-order valence-corrected chi connectivity index (χ4v) is 3.63. The molecule has 0 saturated carbocycles. The SMILES string of the molecule is C=C(C(=O)OCC)N1CCC(NCc2ccc(-c3ccc(C(F)(F)F)cc3)cc2)CC1. The van der Waals surface area contributed by atoms with Crippen molar-refractivity contribution in [1.29, 1.82) is 0 Å². The normalized spacial score (nSPS) is 15.0. The molecule has 1 fully saturated rings. The highest BCUT2D eigenvalue weighted by Gasteiger charge is 2.30. The van der Waals surface area contributed by atoms with Gasteiger partial charge in [-0.05, 0) is 48.6 Å². The molecule has 31 heavy (non-hydrogen) atoms. The van der Waals surface area contributed by atoms with Crippen LogP contribution < -0.4 is 5.32 Å². The largest absolute Gasteiger partial charge is 0.461 e. The third-order valence-electron chi connectivity index (χ3n) is 5.48. The van der Waals surface area contributed by atoms with E-state index in [4.69, 9.17) is 4.74 Å². The van der Waals surface area contributed by atoms with E-state index in [0.717, 1.165) is 54.8 Å². The number of likely N-dealkylation sites (tertiary alicyclic amines) is 1. The van der Waals surface area contributed by atoms with Gasteiger partial charge in [0.2, 0.25) is 0 Å². The van der Waals surface area contributed by atoms with E-state index >= 15 is 0 Å². The first kappa shape index (κ1) is 22.9. The zero-order chi connectivity index (χ0) is 22.4. The van der Waals surface area contributed by atoms with Gasteiger partial charge in [0, 0.05) is 25.7 Å². The molecule has 0 radical (unpaired) electrons. The Kier molecular flexibility index (Phi) is 7.38. The van der Waals surface area contributed by atoms with Crippen LogP contribution in [0, 0.1) is 0 Å². The first-order chi connectivity index (χ1) is 14.8. The van der Waals surface area contributed by atoms with Crippen LogP contribution in [-0.2, 0) is 22.3 Å². The minimum absolute atomic E-state index is 0.341. The van der Waals surface area contributed by atoms with Crippen molar-refractivity contribution in [3.05, 3.63) is 71.9 Å². The van der Waals surface area contributed by atoms with Crippen LogP contribution in [0.1, 0.15) is 30.9 Å². The van der Waals surface area contributed by atoms with Crippen molar-refractivity contribution >= 4 is 5.97 Å². The van der Waals surface area contributed by atoms with E-state index in [1.54, 1.807) is 6.92 Å². The van der Waals surface area contributed by atoms with Crippen LogP contribution in [0.3, 0.4) is 0 Å². The number of ether oxygens (including phenoxy) is 1. The molecule has 1 N–H and O–H groups in total. The van der Waals surface area contributed by atoms with Crippen LogP contribution in [-0.4, -0.2) is 36.6 Å². The summed E-state index contributed by atoms with van der Waals surface area (Å²) in [7, 11) is 0. The van der Waals surface area contributed by atoms with Crippen LogP contribution in [0.15, 0.2) is 60.8 Å². The van der Waals surface area contributed by atoms with E-state index in [2.05, 4.69) is 11.9 Å². The molecule has 0 aromatic heterocycles. The number of hydrogen-bond acceptors (Lipinski definition) is 4. The summed E-state index contributed by atoms with van der Waals surface area (Å²) in [5.41, 5.74) is 2.51. The number of nitrogens with one attached hydrogen (secondary N) is 1. The van der Waals surface area contributed by atoms with Crippen LogP contribution in [0.25, 0.3) is 11.1 Å². The number of hydrogen-bond donors (Lipinski definition) is 1. The van der Waals surface area contributed by atoms with Crippen LogP contribution in [0.2, 0.25) is 0 Å². The molecule has 1 saturated heterocycles. The topological polar surface area (TPSA) is 41.6 Å². The van der Waals surface area contributed by atoms with E-state index in [0.29, 0.717) is 24.9 Å². The maximum absolute atomic E-state index is 12.7. The molecule has 2 aromatic rings. The van der Waals surface area contributed by atoms with Gasteiger partial charge < -0.3 is 15.0 Å². The van der Waals surface area contributed by atoms with Crippen molar-refractivity contribution in [3.63, 3.8) is 0 Å². The second kappa shape index (κ2) is 10.0. The number of benzene rings is 2. The monoisotopic (exact) mass is 432 g/mol. The number of halogens is 3. The molecular weight excluding hydrogens is 405 g/mol. The summed E-state index contributed by atoms with van der Waals surface area (Å²) in [6, 6.07) is 13.4. The molecule has 1 heterocycles. The summed E-state index contributed by atoms with van der Waals surface area (Å²) >= 11 is 0. The summed E-state index contributed by atoms with van der Waals surface area (Å²) in [5, 5.41) is 3.54. The van der Waals surface area contributed by atoms with Crippen molar-refractivity contribution in [2.45, 2.75) is 38.5 Å². The second-order valence-electron chi connectivity index (χ2n) is 7.58. The summed E-state index contributed by atoms with van der Waals surface area (Å²) in [6.07, 6.45) is -2.51. The average molecular weight is 432 g/mol. The maximum Gasteiger partial charge on any atom is 0.416 e. The molecule has 0 aliphatic carbocycles. The fraction of sp³-hybridized carbons (Fsp3) is 0.375. The number of nitrogens with zero attached hydrogens (tertiary/aromatic N) is 1. The molecule has 3 rings (SSSR count). The van der Waals surface area contributed by atoms with E-state index < -0.39 is 11.7 Å². The van der Waals surface area contributed by atoms with Crippen molar-refractivity contribution in [3.8, 4) is 11.1 Å². The molecule has 1 aliphatic heterocycles. The maximum atomic E-state index is 12.7. The Balaban J connectivity index is 1.48. The quantitative estimate of drug-likeness (QED) is 0.494. The van der Waals surface area contributed by atoms with Gasteiger partial charge in [0.25, 0.3) is 0 Å². The standard InChI is InChI=1S/C24H27F3N2O2/c1-3-31-23(30)17(2)29-14-12-22(13-15-29)28-16-18-4-6-19(7-5-18)20-8-10-21(11-9-20)24(25,26)27/h4-11,22,28H,2-3,12-16H2,1H3. The predicted molar refractivity (Wildman–Crippen MR) is 114 cm³/mol. The Morgan fingerprint density at radius 3 is 2.13 bits per heavy atom. The zero-order valence-electron chi connectivity index (χ0n) is 17.5. The van der Waals surface area contributed by atoms with Gasteiger partial charge >= 0.3 is 12.1 Å². The molecule has 0 spiro atoms. The van der Waals surface area contributed by atoms with Gasteiger partial charge in [-0.25, -0.2) is 4.79 Å². The third kappa shape index (κ3) is 6.10. The number of esters is 1. The first-order valence-corrected chi connectivity index (χ1v) is 10.4. The third-order valence-corrected chi connectivity index (χ3v) is 5.48. The lowest BCUT2D eigenvalue weighted by Gasteiger charge is -2.34. The number of carbonyl (C=O) groups excluding carboxylic acids is 1. The molecule has 2 aromatic carbocycles. The van der Waals surface area contributed by atoms with Crippen molar-refractivity contribution < 1.29 is 22.7 Å². The van der Waals surface area contributed by atoms with E-state index in [1.165, 1.54) is 12.1 Å². The van der Waals surface area contributed by atoms with E-state index in [1.807, 2.05) is 29.2 Å². The number of carbonyl (C=O) groups is 1. The highest BCUT2D eigenvalue weighted by molar-refractivity contribution is 5.87. The minimum atomic E-state index is -4.32. The molecule has 0 unspecified atom stereocenters. The minimum Gasteiger partial charge on any atom is -0.461 e. The van der Waals surface area contributed by atoms with Gasteiger partial charge in [-0.1, -0.05) is 43.0 Å². The Hall–Kier alpha value is -2.80. The summed E-state index contributed by atoms with van der Waals surface area (Å²) in [5.74, 6) is -0.359. The summed E-state index contributed by atoms with van der Waals surface area (Å²) < 4.78 is 43.1. The predicted octanol–water partition coefficient (Wildman–Crippen LogP) is 5.00. The smallest absolute Gasteiger partial charge is 0.416 e. The van der Waals surface area contributed by atoms with Crippen LogP contribution in [0.4, 0.5) is 13.2 Å². The number of piperidine rings is 1. The second-order valence-corrected chi connectivity index (χ2v) is 7.58. The number of rotatable bonds is 7. The van der Waals surface area contributed by atoms with Gasteiger partial charge in [-0.3, -0.25) is 0 Å². The average Bonchev–Trinajstić information content (AvgIpc) is 2.77. The lowest BCUT2D eigenvalue weighted by molar-refractivity contribution is -0.140. The molecule has 7 heteroatoms. The van der Waals surface area contributed by atoms with Crippen molar-refractivity contribution in [2.24, 2.45) is 0 Å². The van der Waals surface area contributed by atoms with Crippen LogP contribution >= 0.6 is 0 Å². The van der Waals surface area contributed by atoms with Crippen molar-refractivity contribution in [2.75, 3.05) is 19.7 Å². The molecule has 0 bridgehead atoms. The summed E-state index contributed by atoms with van der Waals surface area (Å²) in [6.45, 7) is 8.17. The van der Waals surface area contributed by atoms with Gasteiger partial charge in [0.15, 0.2) is 0 Å². The Labute approximate surface area is 180 Å². The van der Waals surface area contributed by atoms with Gasteiger partial charge in [0.1, 0.15) is 5.70 Å². The Morgan fingerprint density at radius 1 is 1.06 bits per heavy atom. The highest BCUT2D eigenvalue weighted by Crippen LogP contribution is 2.31. The molecule has 4 nitrogen and oxygen atoms in total. The highest BCUT2D eigenvalue weighted by atomic mass is 19.4. The van der Waals surface area contributed by atoms with Gasteiger partial charge in [0.05, 0.1) is 12.2 Å². The van der Waals surface area contributed by atoms with Gasteiger partial charge in [-0.2, -0.15) is 13.2 Å². The van der Waals surface area contributed by atoms with E-state index in [-0.39, 0.29) is 5.97 Å². The fourth-order valence-electron chi connectivity index (χ4n) is 3.63. The van der Waals surface area contributed by atoms with E-state index in [9.17, 15) is 18.0 Å². The van der Waals surface area contributed by atoms with Crippen LogP contribution in [0.5, 0.6) is 0 Å². The summed E-state index contributed by atoms with van der Waals surface area (Å²) in [4.78, 5) is 13.8. The van der Waals surface area contributed by atoms with Gasteiger partial charge in [-0.15, -0.1) is 0 Å². The molecule has 166 valence electrons.